The number of rotatable bonds is 5. The van der Waals surface area contributed by atoms with E-state index in [-0.39, 0.29) is 12.7 Å². The molecule has 0 saturated carbocycles. The number of carboxylic acid groups (broad SMARTS) is 1. The van der Waals surface area contributed by atoms with Gasteiger partial charge in [0, 0.05) is 24.8 Å². The maximum absolute atomic E-state index is 10.5. The first-order valence-electron chi connectivity index (χ1n) is 6.96. The van der Waals surface area contributed by atoms with Crippen molar-refractivity contribution in [1.82, 2.24) is 9.97 Å². The minimum Gasteiger partial charge on any atom is -0.480 e. The molecular weight excluding hydrogens is 258 g/mol. The summed E-state index contributed by atoms with van der Waals surface area (Å²) in [6, 6.07) is 2.03. The first-order chi connectivity index (χ1) is 9.56. The van der Waals surface area contributed by atoms with Crippen molar-refractivity contribution in [2.45, 2.75) is 38.7 Å². The van der Waals surface area contributed by atoms with Crippen LogP contribution in [0.4, 0.5) is 5.82 Å². The molecule has 0 bridgehead atoms. The number of hydrogen-bond acceptors (Lipinski definition) is 5. The monoisotopic (exact) mass is 279 g/mol. The van der Waals surface area contributed by atoms with Gasteiger partial charge in [0.25, 0.3) is 0 Å². The lowest BCUT2D eigenvalue weighted by Gasteiger charge is -2.32. The van der Waals surface area contributed by atoms with Gasteiger partial charge < -0.3 is 14.7 Å². The Kier molecular flexibility index (Phi) is 4.89. The van der Waals surface area contributed by atoms with E-state index in [2.05, 4.69) is 28.7 Å². The van der Waals surface area contributed by atoms with Crippen LogP contribution in [0.15, 0.2) is 12.4 Å². The molecule has 1 saturated heterocycles. The molecular formula is C14H21N3O3. The Bertz CT molecular complexity index is 457. The molecule has 0 spiro atoms. The third-order valence-electron chi connectivity index (χ3n) is 3.47. The van der Waals surface area contributed by atoms with E-state index >= 15 is 0 Å². The van der Waals surface area contributed by atoms with Crippen LogP contribution in [0, 0.1) is 0 Å². The van der Waals surface area contributed by atoms with Crippen molar-refractivity contribution in [3.63, 3.8) is 0 Å². The Balaban J connectivity index is 1.90. The number of ether oxygens (including phenoxy) is 1. The molecule has 2 heterocycles. The van der Waals surface area contributed by atoms with Gasteiger partial charge in [-0.05, 0) is 18.8 Å². The summed E-state index contributed by atoms with van der Waals surface area (Å²) >= 11 is 0. The van der Waals surface area contributed by atoms with Crippen LogP contribution in [-0.4, -0.2) is 46.8 Å². The maximum Gasteiger partial charge on any atom is 0.329 e. The van der Waals surface area contributed by atoms with Gasteiger partial charge in [0.1, 0.15) is 18.8 Å². The van der Waals surface area contributed by atoms with E-state index in [0.29, 0.717) is 5.92 Å². The molecule has 1 aromatic heterocycles. The number of hydrogen-bond donors (Lipinski definition) is 1. The highest BCUT2D eigenvalue weighted by Gasteiger charge is 2.21. The van der Waals surface area contributed by atoms with Crippen molar-refractivity contribution in [2.75, 3.05) is 24.6 Å². The predicted octanol–water partition coefficient (Wildman–Crippen LogP) is 1.67. The number of carboxylic acids is 1. The summed E-state index contributed by atoms with van der Waals surface area (Å²) in [7, 11) is 0. The second-order valence-corrected chi connectivity index (χ2v) is 5.35. The largest absolute Gasteiger partial charge is 0.480 e. The molecule has 0 aromatic carbocycles. The summed E-state index contributed by atoms with van der Waals surface area (Å²) in [6.45, 7) is 5.67. The summed E-state index contributed by atoms with van der Waals surface area (Å²) in [5.41, 5.74) is 1.04. The van der Waals surface area contributed by atoms with E-state index in [1.54, 1.807) is 6.33 Å². The zero-order valence-corrected chi connectivity index (χ0v) is 12.0. The summed E-state index contributed by atoms with van der Waals surface area (Å²) in [5.74, 6) is 0.415. The zero-order valence-electron chi connectivity index (χ0n) is 12.0. The minimum absolute atomic E-state index is 0.0359. The van der Waals surface area contributed by atoms with E-state index in [1.165, 1.54) is 0 Å². The number of nitrogens with zero attached hydrogens (tertiary/aromatic N) is 3. The molecule has 1 fully saturated rings. The van der Waals surface area contributed by atoms with Crippen molar-refractivity contribution in [3.05, 3.63) is 18.1 Å². The van der Waals surface area contributed by atoms with Gasteiger partial charge in [-0.3, -0.25) is 0 Å². The van der Waals surface area contributed by atoms with Gasteiger partial charge in [-0.2, -0.15) is 0 Å². The van der Waals surface area contributed by atoms with Crippen molar-refractivity contribution in [2.24, 2.45) is 0 Å². The smallest absolute Gasteiger partial charge is 0.329 e. The van der Waals surface area contributed by atoms with Gasteiger partial charge in [0.05, 0.1) is 6.10 Å². The Hall–Kier alpha value is -1.69. The van der Waals surface area contributed by atoms with Crippen molar-refractivity contribution < 1.29 is 14.6 Å². The van der Waals surface area contributed by atoms with Gasteiger partial charge >= 0.3 is 5.97 Å². The Labute approximate surface area is 118 Å². The van der Waals surface area contributed by atoms with Crippen LogP contribution < -0.4 is 4.90 Å². The summed E-state index contributed by atoms with van der Waals surface area (Å²) in [5, 5.41) is 8.60. The van der Waals surface area contributed by atoms with E-state index in [0.717, 1.165) is 37.4 Å². The number of anilines is 1. The fourth-order valence-corrected chi connectivity index (χ4v) is 2.29. The fraction of sp³-hybridized carbons (Fsp3) is 0.643. The van der Waals surface area contributed by atoms with Crippen LogP contribution >= 0.6 is 0 Å². The van der Waals surface area contributed by atoms with Crippen LogP contribution in [0.1, 0.15) is 38.3 Å². The van der Waals surface area contributed by atoms with Crippen molar-refractivity contribution in [1.29, 1.82) is 0 Å². The molecule has 0 atom stereocenters. The van der Waals surface area contributed by atoms with Crippen LogP contribution in [0.3, 0.4) is 0 Å². The lowest BCUT2D eigenvalue weighted by atomic mass is 10.1. The minimum atomic E-state index is -0.912. The summed E-state index contributed by atoms with van der Waals surface area (Å²) in [6.07, 6.45) is 3.30. The van der Waals surface area contributed by atoms with Gasteiger partial charge in [-0.1, -0.05) is 13.8 Å². The van der Waals surface area contributed by atoms with Crippen molar-refractivity contribution >= 4 is 11.8 Å². The van der Waals surface area contributed by atoms with E-state index < -0.39 is 5.97 Å². The summed E-state index contributed by atoms with van der Waals surface area (Å²) in [4.78, 5) is 21.3. The second kappa shape index (κ2) is 6.65. The number of aliphatic carboxylic acids is 1. The maximum atomic E-state index is 10.5. The first-order valence-corrected chi connectivity index (χ1v) is 6.96. The molecule has 6 heteroatoms. The fourth-order valence-electron chi connectivity index (χ4n) is 2.29. The second-order valence-electron chi connectivity index (χ2n) is 5.35. The highest BCUT2D eigenvalue weighted by atomic mass is 16.5. The van der Waals surface area contributed by atoms with Crippen molar-refractivity contribution in [3.8, 4) is 0 Å². The van der Waals surface area contributed by atoms with Crippen LogP contribution in [0.25, 0.3) is 0 Å². The molecule has 6 nitrogen and oxygen atoms in total. The highest BCUT2D eigenvalue weighted by molar-refractivity contribution is 5.68. The third kappa shape index (κ3) is 3.90. The molecule has 0 radical (unpaired) electrons. The average Bonchev–Trinajstić information content (AvgIpc) is 2.46. The number of piperidine rings is 1. The van der Waals surface area contributed by atoms with Crippen LogP contribution in [-0.2, 0) is 9.53 Å². The zero-order chi connectivity index (χ0) is 14.5. The molecule has 0 aliphatic carbocycles. The molecule has 1 N–H and O–H groups in total. The van der Waals surface area contributed by atoms with Gasteiger partial charge in [0.15, 0.2) is 0 Å². The molecule has 1 aliphatic rings. The van der Waals surface area contributed by atoms with E-state index in [4.69, 9.17) is 9.84 Å². The number of carbonyl (C=O) groups is 1. The first kappa shape index (κ1) is 14.7. The van der Waals surface area contributed by atoms with Crippen LogP contribution in [0.5, 0.6) is 0 Å². The standard InChI is InChI=1S/C14H21N3O3/c1-10(2)12-7-13(16-9-15-12)17-5-3-11(4-6-17)20-8-14(18)19/h7,9-11H,3-6,8H2,1-2H3,(H,18,19). The molecule has 1 aromatic rings. The van der Waals surface area contributed by atoms with Gasteiger partial charge in [0.2, 0.25) is 0 Å². The normalized spacial score (nSPS) is 16.6. The topological polar surface area (TPSA) is 75.5 Å². The molecule has 0 unspecified atom stereocenters. The predicted molar refractivity (Wildman–Crippen MR) is 74.9 cm³/mol. The molecule has 0 amide bonds. The van der Waals surface area contributed by atoms with Crippen LogP contribution in [0.2, 0.25) is 0 Å². The molecule has 1 aliphatic heterocycles. The Morgan fingerprint density at radius 1 is 1.45 bits per heavy atom. The lowest BCUT2D eigenvalue weighted by molar-refractivity contribution is -0.144. The Morgan fingerprint density at radius 2 is 2.15 bits per heavy atom. The molecule has 20 heavy (non-hydrogen) atoms. The third-order valence-corrected chi connectivity index (χ3v) is 3.47. The SMILES string of the molecule is CC(C)c1cc(N2CCC(OCC(=O)O)CC2)ncn1. The van der Waals surface area contributed by atoms with Gasteiger partial charge in [-0.15, -0.1) is 0 Å². The molecule has 2 rings (SSSR count). The summed E-state index contributed by atoms with van der Waals surface area (Å²) < 4.78 is 5.33. The average molecular weight is 279 g/mol. The number of aromatic nitrogens is 2. The van der Waals surface area contributed by atoms with E-state index in [1.807, 2.05) is 6.07 Å². The quantitative estimate of drug-likeness (QED) is 0.883. The molecule has 110 valence electrons. The van der Waals surface area contributed by atoms with Gasteiger partial charge in [-0.25, -0.2) is 14.8 Å². The Morgan fingerprint density at radius 3 is 2.75 bits per heavy atom. The highest BCUT2D eigenvalue weighted by Crippen LogP contribution is 2.21. The lowest BCUT2D eigenvalue weighted by Crippen LogP contribution is -2.38. The van der Waals surface area contributed by atoms with E-state index in [9.17, 15) is 4.79 Å².